The molecule has 1 aromatic carbocycles. The molecule has 19 heavy (non-hydrogen) atoms. The van der Waals surface area contributed by atoms with Crippen LogP contribution in [0.1, 0.15) is 44.7 Å². The third kappa shape index (κ3) is 2.00. The van der Waals surface area contributed by atoms with Crippen LogP contribution in [0.2, 0.25) is 18.1 Å². The molecule has 1 fully saturated rings. The van der Waals surface area contributed by atoms with E-state index in [9.17, 15) is 0 Å². The first kappa shape index (κ1) is 13.4. The fourth-order valence-corrected chi connectivity index (χ4v) is 4.62. The van der Waals surface area contributed by atoms with E-state index in [1.54, 1.807) is 0 Å². The molecule has 1 aromatic rings. The summed E-state index contributed by atoms with van der Waals surface area (Å²) < 4.78 is 6.92. The van der Waals surface area contributed by atoms with Gasteiger partial charge in [-0.2, -0.15) is 0 Å². The minimum absolute atomic E-state index is 0.0690. The van der Waals surface area contributed by atoms with Gasteiger partial charge in [-0.05, 0) is 48.0 Å². The van der Waals surface area contributed by atoms with E-state index in [1.165, 1.54) is 24.0 Å². The van der Waals surface area contributed by atoms with Crippen LogP contribution in [-0.4, -0.2) is 8.32 Å². The van der Waals surface area contributed by atoms with Crippen LogP contribution < -0.4 is 0 Å². The van der Waals surface area contributed by atoms with Crippen LogP contribution in [0.25, 0.3) is 0 Å². The second-order valence-corrected chi connectivity index (χ2v) is 12.6. The number of hydrogen-bond acceptors (Lipinski definition) is 1. The van der Waals surface area contributed by atoms with E-state index in [4.69, 9.17) is 4.43 Å². The Labute approximate surface area is 118 Å². The molecule has 0 spiro atoms. The molecule has 1 atom stereocenters. The van der Waals surface area contributed by atoms with Gasteiger partial charge in [-0.15, -0.1) is 0 Å². The molecule has 2 heteroatoms. The highest BCUT2D eigenvalue weighted by molar-refractivity contribution is 6.74. The first-order valence-corrected chi connectivity index (χ1v) is 10.5. The van der Waals surface area contributed by atoms with Crippen molar-refractivity contribution in [3.8, 4) is 0 Å². The zero-order valence-corrected chi connectivity index (χ0v) is 13.9. The molecule has 3 rings (SSSR count). The number of rotatable bonds is 3. The standard InChI is InChI=1S/C17H26OSi/c1-16(2,3)19(4,5)18-17(14-10-11-14)12-13-8-6-7-9-15(13)17/h6-9,14H,10-12H2,1-5H3. The molecule has 1 nitrogen and oxygen atoms in total. The van der Waals surface area contributed by atoms with E-state index in [-0.39, 0.29) is 5.60 Å². The summed E-state index contributed by atoms with van der Waals surface area (Å²) in [4.78, 5) is 0. The quantitative estimate of drug-likeness (QED) is 0.715. The third-order valence-electron chi connectivity index (χ3n) is 5.41. The van der Waals surface area contributed by atoms with Crippen molar-refractivity contribution in [2.24, 2.45) is 5.92 Å². The minimum atomic E-state index is -1.70. The van der Waals surface area contributed by atoms with E-state index in [1.807, 2.05) is 0 Å². The van der Waals surface area contributed by atoms with Crippen LogP contribution in [0.15, 0.2) is 24.3 Å². The van der Waals surface area contributed by atoms with Gasteiger partial charge in [-0.1, -0.05) is 45.0 Å². The molecule has 104 valence electrons. The van der Waals surface area contributed by atoms with E-state index in [0.29, 0.717) is 5.04 Å². The zero-order chi connectivity index (χ0) is 13.9. The lowest BCUT2D eigenvalue weighted by atomic mass is 9.70. The van der Waals surface area contributed by atoms with Crippen LogP contribution in [0.3, 0.4) is 0 Å². The highest BCUT2D eigenvalue weighted by Crippen LogP contribution is 2.59. The maximum Gasteiger partial charge on any atom is 0.193 e. The van der Waals surface area contributed by atoms with Crippen molar-refractivity contribution < 1.29 is 4.43 Å². The summed E-state index contributed by atoms with van der Waals surface area (Å²) in [5, 5.41) is 0.291. The Hall–Kier alpha value is -0.603. The van der Waals surface area contributed by atoms with Gasteiger partial charge >= 0.3 is 0 Å². The Balaban J connectivity index is 1.94. The fourth-order valence-electron chi connectivity index (χ4n) is 3.06. The molecule has 0 heterocycles. The lowest BCUT2D eigenvalue weighted by Crippen LogP contribution is -2.54. The fraction of sp³-hybridized carbons (Fsp3) is 0.647. The molecule has 1 unspecified atom stereocenters. The van der Waals surface area contributed by atoms with Gasteiger partial charge in [0.15, 0.2) is 8.32 Å². The summed E-state index contributed by atoms with van der Waals surface area (Å²) in [6.45, 7) is 11.8. The predicted octanol–water partition coefficient (Wildman–Crippen LogP) is 4.87. The average Bonchev–Trinajstić information content (AvgIpc) is 3.08. The number of fused-ring (bicyclic) bond motifs is 1. The second-order valence-electron chi connectivity index (χ2n) is 7.86. The molecule has 0 radical (unpaired) electrons. The summed E-state index contributed by atoms with van der Waals surface area (Å²) in [7, 11) is -1.70. The number of benzene rings is 1. The van der Waals surface area contributed by atoms with E-state index >= 15 is 0 Å². The minimum Gasteiger partial charge on any atom is -0.407 e. The summed E-state index contributed by atoms with van der Waals surface area (Å²) in [6.07, 6.45) is 3.84. The second kappa shape index (κ2) is 3.95. The van der Waals surface area contributed by atoms with Crippen molar-refractivity contribution in [2.75, 3.05) is 0 Å². The SMILES string of the molecule is CC(C)(C)[Si](C)(C)OC1(C2CC2)Cc2ccccc21. The third-order valence-corrected chi connectivity index (χ3v) is 9.89. The molecule has 0 N–H and O–H groups in total. The predicted molar refractivity (Wildman–Crippen MR) is 82.8 cm³/mol. The molecule has 0 saturated heterocycles. The van der Waals surface area contributed by atoms with Gasteiger partial charge in [-0.25, -0.2) is 0 Å². The van der Waals surface area contributed by atoms with Crippen LogP contribution in [-0.2, 0) is 16.4 Å². The van der Waals surface area contributed by atoms with Gasteiger partial charge in [0.05, 0.1) is 5.60 Å². The van der Waals surface area contributed by atoms with Gasteiger partial charge in [0.1, 0.15) is 0 Å². The van der Waals surface area contributed by atoms with E-state index < -0.39 is 8.32 Å². The van der Waals surface area contributed by atoms with Gasteiger partial charge in [0, 0.05) is 6.42 Å². The Morgan fingerprint density at radius 1 is 1.16 bits per heavy atom. The summed E-state index contributed by atoms with van der Waals surface area (Å²) in [5.74, 6) is 0.775. The Kier molecular flexibility index (Phi) is 2.78. The van der Waals surface area contributed by atoms with Gasteiger partial charge in [0.2, 0.25) is 0 Å². The summed E-state index contributed by atoms with van der Waals surface area (Å²) >= 11 is 0. The first-order valence-electron chi connectivity index (χ1n) is 7.55. The molecule has 0 aliphatic heterocycles. The lowest BCUT2D eigenvalue weighted by Gasteiger charge is -2.52. The highest BCUT2D eigenvalue weighted by Gasteiger charge is 2.57. The maximum atomic E-state index is 6.92. The van der Waals surface area contributed by atoms with Crippen molar-refractivity contribution in [3.05, 3.63) is 35.4 Å². The maximum absolute atomic E-state index is 6.92. The van der Waals surface area contributed by atoms with Gasteiger partial charge in [0.25, 0.3) is 0 Å². The smallest absolute Gasteiger partial charge is 0.193 e. The van der Waals surface area contributed by atoms with Crippen molar-refractivity contribution in [2.45, 2.75) is 63.8 Å². The normalized spacial score (nSPS) is 26.8. The van der Waals surface area contributed by atoms with Gasteiger partial charge < -0.3 is 4.43 Å². The number of hydrogen-bond donors (Lipinski definition) is 0. The zero-order valence-electron chi connectivity index (χ0n) is 12.9. The van der Waals surface area contributed by atoms with Gasteiger partial charge in [-0.3, -0.25) is 0 Å². The summed E-state index contributed by atoms with van der Waals surface area (Å²) in [6, 6.07) is 8.89. The van der Waals surface area contributed by atoms with Crippen molar-refractivity contribution in [3.63, 3.8) is 0 Å². The Morgan fingerprint density at radius 3 is 2.32 bits per heavy atom. The molecule has 0 aromatic heterocycles. The van der Waals surface area contributed by atoms with Crippen LogP contribution >= 0.6 is 0 Å². The molecule has 2 aliphatic carbocycles. The average molecular weight is 274 g/mol. The highest BCUT2D eigenvalue weighted by atomic mass is 28.4. The monoisotopic (exact) mass is 274 g/mol. The molecule has 0 amide bonds. The molecule has 0 bridgehead atoms. The molecule has 1 saturated carbocycles. The van der Waals surface area contributed by atoms with E-state index in [2.05, 4.69) is 58.1 Å². The van der Waals surface area contributed by atoms with Crippen LogP contribution in [0, 0.1) is 5.92 Å². The molecular weight excluding hydrogens is 248 g/mol. The lowest BCUT2D eigenvalue weighted by molar-refractivity contribution is 0.00324. The topological polar surface area (TPSA) is 9.23 Å². The first-order chi connectivity index (χ1) is 8.76. The van der Waals surface area contributed by atoms with Crippen molar-refractivity contribution >= 4 is 8.32 Å². The molecular formula is C17H26OSi. The Morgan fingerprint density at radius 2 is 1.79 bits per heavy atom. The Bertz CT molecular complexity index is 496. The van der Waals surface area contributed by atoms with Crippen molar-refractivity contribution in [1.29, 1.82) is 0 Å². The van der Waals surface area contributed by atoms with Crippen LogP contribution in [0.5, 0.6) is 0 Å². The van der Waals surface area contributed by atoms with E-state index in [0.717, 1.165) is 12.3 Å². The largest absolute Gasteiger partial charge is 0.407 e. The van der Waals surface area contributed by atoms with Crippen molar-refractivity contribution in [1.82, 2.24) is 0 Å². The van der Waals surface area contributed by atoms with Crippen LogP contribution in [0.4, 0.5) is 0 Å². The molecule has 2 aliphatic rings. The summed E-state index contributed by atoms with van der Waals surface area (Å²) in [5.41, 5.74) is 3.06.